The van der Waals surface area contributed by atoms with Crippen LogP contribution >= 0.6 is 0 Å². The molecule has 3 unspecified atom stereocenters. The molecule has 1 heterocycles. The standard InChI is InChI=1S/C16H25N3/c1-19-7-6-15(18-19)10-16(11-17-14-4-5-14)9-12-2-3-13(16)8-12/h6-7,12-14,17H,2-5,8-11H2,1H3. The lowest BCUT2D eigenvalue weighted by Gasteiger charge is -2.38. The second kappa shape index (κ2) is 4.34. The molecule has 1 aromatic heterocycles. The molecule has 1 aromatic rings. The highest BCUT2D eigenvalue weighted by Crippen LogP contribution is 2.57. The summed E-state index contributed by atoms with van der Waals surface area (Å²) in [6.07, 6.45) is 11.9. The normalized spacial score (nSPS) is 37.1. The van der Waals surface area contributed by atoms with Crippen molar-refractivity contribution in [1.29, 1.82) is 0 Å². The van der Waals surface area contributed by atoms with E-state index in [1.165, 1.54) is 57.2 Å². The molecule has 0 spiro atoms. The number of rotatable bonds is 5. The fourth-order valence-electron chi connectivity index (χ4n) is 4.61. The smallest absolute Gasteiger partial charge is 0.0630 e. The second-order valence-corrected chi connectivity index (χ2v) is 7.26. The van der Waals surface area contributed by atoms with E-state index >= 15 is 0 Å². The Balaban J connectivity index is 1.53. The Labute approximate surface area is 115 Å². The van der Waals surface area contributed by atoms with E-state index in [0.717, 1.165) is 17.9 Å². The molecule has 0 aromatic carbocycles. The largest absolute Gasteiger partial charge is 0.313 e. The molecule has 3 saturated carbocycles. The lowest BCUT2D eigenvalue weighted by molar-refractivity contribution is 0.154. The molecule has 0 radical (unpaired) electrons. The van der Waals surface area contributed by atoms with Crippen molar-refractivity contribution in [2.24, 2.45) is 24.3 Å². The number of fused-ring (bicyclic) bond motifs is 2. The molecule has 104 valence electrons. The van der Waals surface area contributed by atoms with Crippen LogP contribution in [0.4, 0.5) is 0 Å². The number of nitrogens with zero attached hydrogens (tertiary/aromatic N) is 2. The monoisotopic (exact) mass is 259 g/mol. The van der Waals surface area contributed by atoms with E-state index in [1.54, 1.807) is 0 Å². The second-order valence-electron chi connectivity index (χ2n) is 7.26. The Bertz CT molecular complexity index is 462. The predicted octanol–water partition coefficient (Wildman–Crippen LogP) is 2.52. The molecule has 0 saturated heterocycles. The van der Waals surface area contributed by atoms with Crippen LogP contribution in [-0.2, 0) is 13.5 Å². The van der Waals surface area contributed by atoms with Crippen LogP contribution in [0.15, 0.2) is 12.3 Å². The van der Waals surface area contributed by atoms with E-state index in [1.807, 2.05) is 11.7 Å². The van der Waals surface area contributed by atoms with Crippen LogP contribution in [0, 0.1) is 17.3 Å². The Morgan fingerprint density at radius 1 is 1.37 bits per heavy atom. The van der Waals surface area contributed by atoms with Crippen LogP contribution < -0.4 is 5.32 Å². The molecule has 3 aliphatic rings. The van der Waals surface area contributed by atoms with Gasteiger partial charge in [-0.05, 0) is 61.8 Å². The maximum absolute atomic E-state index is 4.63. The van der Waals surface area contributed by atoms with Crippen molar-refractivity contribution in [1.82, 2.24) is 15.1 Å². The molecule has 3 heteroatoms. The highest BCUT2D eigenvalue weighted by atomic mass is 15.2. The number of hydrogen-bond acceptors (Lipinski definition) is 2. The topological polar surface area (TPSA) is 29.9 Å². The van der Waals surface area contributed by atoms with Crippen LogP contribution in [-0.4, -0.2) is 22.4 Å². The lowest BCUT2D eigenvalue weighted by atomic mass is 9.70. The van der Waals surface area contributed by atoms with Crippen molar-refractivity contribution in [3.63, 3.8) is 0 Å². The van der Waals surface area contributed by atoms with Gasteiger partial charge in [-0.1, -0.05) is 6.42 Å². The molecule has 3 fully saturated rings. The molecular formula is C16H25N3. The summed E-state index contributed by atoms with van der Waals surface area (Å²) in [6.45, 7) is 1.23. The van der Waals surface area contributed by atoms with Gasteiger partial charge in [0.05, 0.1) is 5.69 Å². The molecule has 0 aliphatic heterocycles. The fourth-order valence-corrected chi connectivity index (χ4v) is 4.61. The average Bonchev–Trinajstić information content (AvgIpc) is 2.80. The number of hydrogen-bond donors (Lipinski definition) is 1. The molecule has 19 heavy (non-hydrogen) atoms. The molecule has 3 nitrogen and oxygen atoms in total. The minimum atomic E-state index is 0.514. The third-order valence-electron chi connectivity index (χ3n) is 5.72. The summed E-state index contributed by atoms with van der Waals surface area (Å²) in [7, 11) is 2.03. The minimum absolute atomic E-state index is 0.514. The van der Waals surface area contributed by atoms with Crippen LogP contribution in [0.25, 0.3) is 0 Å². The third kappa shape index (κ3) is 2.22. The van der Waals surface area contributed by atoms with Crippen molar-refractivity contribution in [3.05, 3.63) is 18.0 Å². The first-order chi connectivity index (χ1) is 9.23. The van der Waals surface area contributed by atoms with E-state index in [-0.39, 0.29) is 0 Å². The van der Waals surface area contributed by atoms with Crippen LogP contribution in [0.2, 0.25) is 0 Å². The third-order valence-corrected chi connectivity index (χ3v) is 5.72. The molecule has 0 amide bonds. The maximum Gasteiger partial charge on any atom is 0.0630 e. The van der Waals surface area contributed by atoms with Crippen molar-refractivity contribution in [3.8, 4) is 0 Å². The molecule has 3 atom stereocenters. The summed E-state index contributed by atoms with van der Waals surface area (Å²) in [6, 6.07) is 3.05. The van der Waals surface area contributed by atoms with Gasteiger partial charge in [-0.3, -0.25) is 4.68 Å². The molecular weight excluding hydrogens is 234 g/mol. The summed E-state index contributed by atoms with van der Waals surface area (Å²) in [4.78, 5) is 0. The average molecular weight is 259 g/mol. The molecule has 3 aliphatic carbocycles. The van der Waals surface area contributed by atoms with E-state index in [4.69, 9.17) is 0 Å². The van der Waals surface area contributed by atoms with Crippen molar-refractivity contribution < 1.29 is 0 Å². The van der Waals surface area contributed by atoms with E-state index in [0.29, 0.717) is 5.41 Å². The Morgan fingerprint density at radius 2 is 2.26 bits per heavy atom. The minimum Gasteiger partial charge on any atom is -0.313 e. The highest BCUT2D eigenvalue weighted by Gasteiger charge is 2.51. The molecule has 1 N–H and O–H groups in total. The van der Waals surface area contributed by atoms with E-state index < -0.39 is 0 Å². The summed E-state index contributed by atoms with van der Waals surface area (Å²) in [5.41, 5.74) is 1.81. The summed E-state index contributed by atoms with van der Waals surface area (Å²) in [5, 5.41) is 8.45. The van der Waals surface area contributed by atoms with Crippen molar-refractivity contribution in [2.75, 3.05) is 6.54 Å². The van der Waals surface area contributed by atoms with Gasteiger partial charge in [0.2, 0.25) is 0 Å². The Hall–Kier alpha value is -0.830. The van der Waals surface area contributed by atoms with Gasteiger partial charge in [-0.25, -0.2) is 0 Å². The first kappa shape index (κ1) is 12.0. The van der Waals surface area contributed by atoms with E-state index in [2.05, 4.69) is 22.7 Å². The fraction of sp³-hybridized carbons (Fsp3) is 0.812. The Kier molecular flexibility index (Phi) is 2.73. The first-order valence-electron chi connectivity index (χ1n) is 7.95. The van der Waals surface area contributed by atoms with E-state index in [9.17, 15) is 0 Å². The van der Waals surface area contributed by atoms with Crippen LogP contribution in [0.3, 0.4) is 0 Å². The van der Waals surface area contributed by atoms with Crippen molar-refractivity contribution >= 4 is 0 Å². The lowest BCUT2D eigenvalue weighted by Crippen LogP contribution is -2.41. The SMILES string of the molecule is Cn1ccc(CC2(CNC3CC3)CC3CCC2C3)n1. The van der Waals surface area contributed by atoms with Crippen LogP contribution in [0.1, 0.15) is 44.2 Å². The maximum atomic E-state index is 4.63. The molecule has 4 rings (SSSR count). The van der Waals surface area contributed by atoms with Gasteiger partial charge in [0, 0.05) is 25.8 Å². The Morgan fingerprint density at radius 3 is 2.84 bits per heavy atom. The van der Waals surface area contributed by atoms with Gasteiger partial charge in [0.1, 0.15) is 0 Å². The number of aromatic nitrogens is 2. The van der Waals surface area contributed by atoms with Crippen molar-refractivity contribution in [2.45, 2.75) is 51.0 Å². The predicted molar refractivity (Wildman–Crippen MR) is 75.8 cm³/mol. The van der Waals surface area contributed by atoms with Crippen LogP contribution in [0.5, 0.6) is 0 Å². The highest BCUT2D eigenvalue weighted by molar-refractivity contribution is 5.10. The molecule has 2 bridgehead atoms. The van der Waals surface area contributed by atoms with Gasteiger partial charge in [0.15, 0.2) is 0 Å². The zero-order chi connectivity index (χ0) is 12.9. The summed E-state index contributed by atoms with van der Waals surface area (Å²) < 4.78 is 1.95. The number of nitrogens with one attached hydrogen (secondary N) is 1. The summed E-state index contributed by atoms with van der Waals surface area (Å²) in [5.74, 6) is 1.96. The van der Waals surface area contributed by atoms with Gasteiger partial charge < -0.3 is 5.32 Å². The van der Waals surface area contributed by atoms with Gasteiger partial charge >= 0.3 is 0 Å². The zero-order valence-electron chi connectivity index (χ0n) is 11.9. The first-order valence-corrected chi connectivity index (χ1v) is 7.95. The van der Waals surface area contributed by atoms with Gasteiger partial charge in [0.25, 0.3) is 0 Å². The number of aryl methyl sites for hydroxylation is 1. The zero-order valence-corrected chi connectivity index (χ0v) is 11.9. The van der Waals surface area contributed by atoms with Gasteiger partial charge in [-0.2, -0.15) is 5.10 Å². The van der Waals surface area contributed by atoms with Gasteiger partial charge in [-0.15, -0.1) is 0 Å². The summed E-state index contributed by atoms with van der Waals surface area (Å²) >= 11 is 0. The quantitative estimate of drug-likeness (QED) is 0.880.